The first-order chi connectivity index (χ1) is 10.0. The van der Waals surface area contributed by atoms with Gasteiger partial charge in [-0.1, -0.05) is 0 Å². The average Bonchev–Trinajstić information content (AvgIpc) is 2.87. The molecule has 2 rings (SSSR count). The van der Waals surface area contributed by atoms with Gasteiger partial charge in [-0.2, -0.15) is 0 Å². The third-order valence-electron chi connectivity index (χ3n) is 3.05. The second kappa shape index (κ2) is 6.30. The summed E-state index contributed by atoms with van der Waals surface area (Å²) in [4.78, 5) is 25.2. The topological polar surface area (TPSA) is 85.8 Å². The highest BCUT2D eigenvalue weighted by molar-refractivity contribution is 5.97. The number of carbonyl (C=O) groups is 2. The molecule has 0 saturated heterocycles. The fourth-order valence-electron chi connectivity index (χ4n) is 2.01. The summed E-state index contributed by atoms with van der Waals surface area (Å²) >= 11 is 0. The van der Waals surface area contributed by atoms with Gasteiger partial charge in [0.15, 0.2) is 5.76 Å². The molecule has 2 aromatic rings. The Hall–Kier alpha value is -2.50. The molecule has 0 aliphatic carbocycles. The number of esters is 1. The summed E-state index contributed by atoms with van der Waals surface area (Å²) in [6.07, 6.45) is 0. The normalized spacial score (nSPS) is 10.6. The van der Waals surface area contributed by atoms with Gasteiger partial charge in [0.2, 0.25) is 0 Å². The summed E-state index contributed by atoms with van der Waals surface area (Å²) in [5.41, 5.74) is 6.88. The number of nitrogens with zero attached hydrogens (tertiary/aromatic N) is 1. The standard InChI is InChI=1S/C15H18N2O4/c1-3-17(9-14(18)20-4-2)15(19)13-8-10-7-11(16)5-6-12(10)21-13/h5-8H,3-4,9,16H2,1-2H3. The summed E-state index contributed by atoms with van der Waals surface area (Å²) in [5, 5.41) is 0.755. The molecule has 21 heavy (non-hydrogen) atoms. The quantitative estimate of drug-likeness (QED) is 0.672. The van der Waals surface area contributed by atoms with Crippen molar-refractivity contribution in [1.29, 1.82) is 0 Å². The highest BCUT2D eigenvalue weighted by Crippen LogP contribution is 2.22. The minimum atomic E-state index is -0.437. The lowest BCUT2D eigenvalue weighted by atomic mass is 10.2. The molecule has 0 saturated carbocycles. The molecule has 2 N–H and O–H groups in total. The van der Waals surface area contributed by atoms with Gasteiger partial charge in [-0.15, -0.1) is 0 Å². The van der Waals surface area contributed by atoms with Crippen LogP contribution in [0, 0.1) is 0 Å². The number of fused-ring (bicyclic) bond motifs is 1. The zero-order valence-electron chi connectivity index (χ0n) is 12.1. The number of ether oxygens (including phenoxy) is 1. The van der Waals surface area contributed by atoms with E-state index in [1.54, 1.807) is 38.1 Å². The Labute approximate surface area is 122 Å². The molecule has 0 unspecified atom stereocenters. The van der Waals surface area contributed by atoms with Crippen molar-refractivity contribution in [2.75, 3.05) is 25.4 Å². The van der Waals surface area contributed by atoms with Crippen molar-refractivity contribution in [3.8, 4) is 0 Å². The fraction of sp³-hybridized carbons (Fsp3) is 0.333. The molecule has 0 aliphatic rings. The van der Waals surface area contributed by atoms with Crippen LogP contribution in [0.5, 0.6) is 0 Å². The van der Waals surface area contributed by atoms with Gasteiger partial charge in [0.25, 0.3) is 5.91 Å². The molecule has 1 amide bonds. The predicted molar refractivity (Wildman–Crippen MR) is 78.8 cm³/mol. The van der Waals surface area contributed by atoms with Gasteiger partial charge >= 0.3 is 5.97 Å². The number of nitrogens with two attached hydrogens (primary N) is 1. The van der Waals surface area contributed by atoms with E-state index in [9.17, 15) is 9.59 Å². The minimum Gasteiger partial charge on any atom is -0.465 e. The van der Waals surface area contributed by atoms with Crippen molar-refractivity contribution in [2.45, 2.75) is 13.8 Å². The fourth-order valence-corrected chi connectivity index (χ4v) is 2.01. The number of nitrogen functional groups attached to an aromatic ring is 1. The Kier molecular flexibility index (Phi) is 4.47. The molecule has 6 heteroatoms. The van der Waals surface area contributed by atoms with E-state index < -0.39 is 5.97 Å². The Morgan fingerprint density at radius 1 is 1.29 bits per heavy atom. The average molecular weight is 290 g/mol. The Morgan fingerprint density at radius 3 is 2.71 bits per heavy atom. The SMILES string of the molecule is CCOC(=O)CN(CC)C(=O)c1cc2cc(N)ccc2o1. The third-order valence-corrected chi connectivity index (χ3v) is 3.05. The van der Waals surface area contributed by atoms with Gasteiger partial charge in [0.1, 0.15) is 12.1 Å². The molecular formula is C15H18N2O4. The highest BCUT2D eigenvalue weighted by Gasteiger charge is 2.21. The Morgan fingerprint density at radius 2 is 2.05 bits per heavy atom. The van der Waals surface area contributed by atoms with Crippen LogP contribution >= 0.6 is 0 Å². The number of anilines is 1. The summed E-state index contributed by atoms with van der Waals surface area (Å²) in [5.74, 6) is -0.602. The van der Waals surface area contributed by atoms with Crippen molar-refractivity contribution >= 4 is 28.5 Å². The monoisotopic (exact) mass is 290 g/mol. The van der Waals surface area contributed by atoms with E-state index in [0.29, 0.717) is 17.8 Å². The van der Waals surface area contributed by atoms with E-state index in [0.717, 1.165) is 5.39 Å². The van der Waals surface area contributed by atoms with Gasteiger partial charge in [-0.3, -0.25) is 9.59 Å². The first-order valence-corrected chi connectivity index (χ1v) is 6.79. The lowest BCUT2D eigenvalue weighted by molar-refractivity contribution is -0.143. The number of hydrogen-bond donors (Lipinski definition) is 1. The molecular weight excluding hydrogens is 272 g/mol. The van der Waals surface area contributed by atoms with E-state index in [4.69, 9.17) is 14.9 Å². The van der Waals surface area contributed by atoms with Crippen molar-refractivity contribution in [2.24, 2.45) is 0 Å². The molecule has 1 aromatic carbocycles. The van der Waals surface area contributed by atoms with Crippen LogP contribution in [0.3, 0.4) is 0 Å². The van der Waals surface area contributed by atoms with Crippen LogP contribution in [0.4, 0.5) is 5.69 Å². The maximum atomic E-state index is 12.4. The summed E-state index contributed by atoms with van der Waals surface area (Å²) in [6.45, 7) is 4.09. The number of likely N-dealkylation sites (N-methyl/N-ethyl adjacent to an activating group) is 1. The van der Waals surface area contributed by atoms with Crippen LogP contribution in [-0.2, 0) is 9.53 Å². The largest absolute Gasteiger partial charge is 0.465 e. The van der Waals surface area contributed by atoms with Crippen molar-refractivity contribution in [3.05, 3.63) is 30.0 Å². The first kappa shape index (κ1) is 14.9. The summed E-state index contributed by atoms with van der Waals surface area (Å²) < 4.78 is 10.4. The van der Waals surface area contributed by atoms with Crippen molar-refractivity contribution < 1.29 is 18.7 Å². The molecule has 112 valence electrons. The molecule has 0 spiro atoms. The zero-order chi connectivity index (χ0) is 15.4. The van der Waals surface area contributed by atoms with Gasteiger partial charge in [-0.05, 0) is 38.1 Å². The molecule has 0 aliphatic heterocycles. The van der Waals surface area contributed by atoms with E-state index in [1.165, 1.54) is 4.90 Å². The van der Waals surface area contributed by atoms with Gasteiger partial charge < -0.3 is 19.8 Å². The van der Waals surface area contributed by atoms with Crippen molar-refractivity contribution in [1.82, 2.24) is 4.90 Å². The minimum absolute atomic E-state index is 0.0949. The number of furan rings is 1. The second-order valence-corrected chi connectivity index (χ2v) is 4.53. The molecule has 0 atom stereocenters. The number of amides is 1. The molecule has 6 nitrogen and oxygen atoms in total. The zero-order valence-corrected chi connectivity index (χ0v) is 12.1. The second-order valence-electron chi connectivity index (χ2n) is 4.53. The molecule has 0 bridgehead atoms. The number of hydrogen-bond acceptors (Lipinski definition) is 5. The predicted octanol–water partition coefficient (Wildman–Crippen LogP) is 2.04. The molecule has 0 radical (unpaired) electrons. The van der Waals surface area contributed by atoms with Crippen LogP contribution in [0.2, 0.25) is 0 Å². The van der Waals surface area contributed by atoms with E-state index in [1.807, 2.05) is 0 Å². The number of benzene rings is 1. The van der Waals surface area contributed by atoms with E-state index in [2.05, 4.69) is 0 Å². The third kappa shape index (κ3) is 3.34. The van der Waals surface area contributed by atoms with Crippen LogP contribution in [0.25, 0.3) is 11.0 Å². The first-order valence-electron chi connectivity index (χ1n) is 6.79. The summed E-state index contributed by atoms with van der Waals surface area (Å²) in [6, 6.07) is 6.78. The van der Waals surface area contributed by atoms with E-state index in [-0.39, 0.29) is 24.8 Å². The molecule has 0 fully saturated rings. The highest BCUT2D eigenvalue weighted by atomic mass is 16.5. The lowest BCUT2D eigenvalue weighted by Gasteiger charge is -2.18. The van der Waals surface area contributed by atoms with E-state index >= 15 is 0 Å². The van der Waals surface area contributed by atoms with Crippen LogP contribution < -0.4 is 5.73 Å². The summed E-state index contributed by atoms with van der Waals surface area (Å²) in [7, 11) is 0. The van der Waals surface area contributed by atoms with Crippen LogP contribution in [0.15, 0.2) is 28.7 Å². The van der Waals surface area contributed by atoms with Gasteiger partial charge in [0, 0.05) is 17.6 Å². The maximum Gasteiger partial charge on any atom is 0.325 e. The van der Waals surface area contributed by atoms with Gasteiger partial charge in [-0.25, -0.2) is 0 Å². The van der Waals surface area contributed by atoms with Crippen LogP contribution in [0.1, 0.15) is 24.4 Å². The molecule has 1 heterocycles. The number of rotatable bonds is 5. The Bertz CT molecular complexity index is 663. The Balaban J connectivity index is 2.20. The van der Waals surface area contributed by atoms with Crippen LogP contribution in [-0.4, -0.2) is 36.5 Å². The lowest BCUT2D eigenvalue weighted by Crippen LogP contribution is -2.36. The number of carbonyl (C=O) groups excluding carboxylic acids is 2. The van der Waals surface area contributed by atoms with Crippen molar-refractivity contribution in [3.63, 3.8) is 0 Å². The maximum absolute atomic E-state index is 12.4. The molecule has 1 aromatic heterocycles. The smallest absolute Gasteiger partial charge is 0.325 e. The van der Waals surface area contributed by atoms with Gasteiger partial charge in [0.05, 0.1) is 6.61 Å².